The lowest BCUT2D eigenvalue weighted by molar-refractivity contribution is -0.343. The quantitative estimate of drug-likeness (QED) is 0.0746. The monoisotopic (exact) mass is 660 g/mol. The maximum Gasteiger partial charge on any atom is 0.341 e. The number of thiophene rings is 1. The van der Waals surface area contributed by atoms with Crippen LogP contribution >= 0.6 is 24.2 Å². The van der Waals surface area contributed by atoms with Crippen LogP contribution in [0.1, 0.15) is 62.3 Å². The number of ether oxygens (including phenoxy) is 1. The van der Waals surface area contributed by atoms with E-state index < -0.39 is 0 Å². The van der Waals surface area contributed by atoms with Crippen LogP contribution in [0, 0.1) is 108 Å². The van der Waals surface area contributed by atoms with Crippen molar-refractivity contribution in [2.24, 2.45) is 0 Å². The maximum atomic E-state index is 12.4. The van der Waals surface area contributed by atoms with Gasteiger partial charge < -0.3 is 10.1 Å². The molecule has 8 nitrogen and oxygen atoms in total. The van der Waals surface area contributed by atoms with Gasteiger partial charge >= 0.3 is 5.97 Å². The molecule has 0 saturated heterocycles. The molecule has 1 amide bonds. The maximum absolute atomic E-state index is 12.4. The number of nitrogens with one attached hydrogen (secondary N) is 2. The molecule has 1 aromatic heterocycles. The van der Waals surface area contributed by atoms with Crippen molar-refractivity contribution in [1.82, 2.24) is 5.64 Å². The lowest BCUT2D eigenvalue weighted by Gasteiger charge is -2.12. The molecular weight excluding hydrogens is 621 g/mol. The van der Waals surface area contributed by atoms with Crippen LogP contribution in [-0.4, -0.2) is 23.7 Å². The van der Waals surface area contributed by atoms with Gasteiger partial charge in [0.25, 0.3) is 5.91 Å². The molecular formula is C36H40N2O6S2. The third-order valence-electron chi connectivity index (χ3n) is 4.95. The summed E-state index contributed by atoms with van der Waals surface area (Å²) in [4.78, 5) is 29.1. The highest BCUT2D eigenvalue weighted by Gasteiger charge is 2.27. The topological polar surface area (TPSA) is 106 Å². The van der Waals surface area contributed by atoms with E-state index >= 15 is 0 Å². The number of terminal acetylenes is 2. The molecule has 1 aliphatic rings. The second kappa shape index (κ2) is 25.6. The molecule has 0 spiro atoms. The molecule has 0 unspecified atom stereocenters. The Morgan fingerprint density at radius 2 is 1.37 bits per heavy atom. The normalized spacial score (nSPS) is 8.98. The number of fused-ring (bicyclic) bond motifs is 1. The van der Waals surface area contributed by atoms with E-state index in [1.54, 1.807) is 19.1 Å². The van der Waals surface area contributed by atoms with Gasteiger partial charge in [-0.1, -0.05) is 18.2 Å². The lowest BCUT2D eigenvalue weighted by Crippen LogP contribution is -2.15. The molecule has 2 aromatic rings. The summed E-state index contributed by atoms with van der Waals surface area (Å²) in [6.45, 7) is 2.12. The number of benzene rings is 1. The Morgan fingerprint density at radius 1 is 0.870 bits per heavy atom. The number of carbonyl (C=O) groups excluding carboxylic acids is 2. The number of hydrogen-bond donors (Lipinski definition) is 4. The second-order valence-electron chi connectivity index (χ2n) is 7.76. The zero-order valence-electron chi connectivity index (χ0n) is 24.4. The van der Waals surface area contributed by atoms with Crippen LogP contribution in [0.4, 0.5) is 5.00 Å². The Balaban J connectivity index is -0.000000104. The predicted molar refractivity (Wildman–Crippen MR) is 197 cm³/mol. The van der Waals surface area contributed by atoms with Gasteiger partial charge in [0.15, 0.2) is 0 Å². The van der Waals surface area contributed by atoms with Crippen molar-refractivity contribution in [3.8, 4) is 108 Å². The Hall–Kier alpha value is -5.91. The third kappa shape index (κ3) is 16.1. The fourth-order valence-corrected chi connectivity index (χ4v) is 4.61. The van der Waals surface area contributed by atoms with Crippen LogP contribution in [0.5, 0.6) is 0 Å². The molecule has 10 heteroatoms. The molecule has 1 aliphatic carbocycles. The molecule has 46 heavy (non-hydrogen) atoms. The molecule has 0 radical (unpaired) electrons. The zero-order valence-corrected chi connectivity index (χ0v) is 26.1. The van der Waals surface area contributed by atoms with Crippen molar-refractivity contribution in [2.75, 3.05) is 11.9 Å². The molecule has 3 rings (SSSR count). The van der Waals surface area contributed by atoms with E-state index in [4.69, 9.17) is 22.8 Å². The standard InChI is InChI=1S/C18H19NO3S.C18H2.H3NO3S.8H2/c1-2-22-18(21)15-13-10-6-7-11-14(13)23-17(15)19-16(20)12-8-4-3-5-9-12;1-3-5-7-9-11-13-15-17-18-16-14-12-10-8-6-4-2;2-3-1-4-5;;;;;;;;/h3-5,8-9H,2,6-7,10-11H2,1H3,(H,19,20);1-2H;1-2,5H;8*1H. The van der Waals surface area contributed by atoms with Crippen LogP contribution in [0.2, 0.25) is 0 Å². The number of thiol groups is 1. The van der Waals surface area contributed by atoms with Gasteiger partial charge in [0, 0.05) is 34.8 Å². The van der Waals surface area contributed by atoms with Crippen LogP contribution in [0.15, 0.2) is 30.3 Å². The largest absolute Gasteiger partial charge is 0.462 e. The average Bonchev–Trinajstić information content (AvgIpc) is 3.44. The SMILES string of the molecule is C#CC#CC#CC#CC#CC#CC#CC#CC#C.CCOC(=O)c1c(NC(=O)c2ccccc2)sc2c1CCCC2.OONOS.[HH].[HH].[HH].[HH].[HH].[HH].[HH].[HH]. The fourth-order valence-electron chi connectivity index (χ4n) is 3.30. The van der Waals surface area contributed by atoms with Crippen LogP contribution < -0.4 is 11.0 Å². The van der Waals surface area contributed by atoms with Crippen molar-refractivity contribution in [1.29, 1.82) is 0 Å². The summed E-state index contributed by atoms with van der Waals surface area (Å²) in [5, 5.41) is 10.8. The van der Waals surface area contributed by atoms with Crippen molar-refractivity contribution in [3.63, 3.8) is 0 Å². The zero-order chi connectivity index (χ0) is 33.7. The van der Waals surface area contributed by atoms with Gasteiger partial charge in [-0.3, -0.25) is 4.79 Å². The highest BCUT2D eigenvalue weighted by molar-refractivity contribution is 7.75. The summed E-state index contributed by atoms with van der Waals surface area (Å²) in [6, 6.07) is 9.02. The van der Waals surface area contributed by atoms with Crippen molar-refractivity contribution >= 4 is 41.1 Å². The van der Waals surface area contributed by atoms with Gasteiger partial charge in [0.05, 0.1) is 12.2 Å². The Labute approximate surface area is 290 Å². The number of carbonyl (C=O) groups is 2. The summed E-state index contributed by atoms with van der Waals surface area (Å²) in [6.07, 6.45) is 13.8. The minimum atomic E-state index is -0.338. The minimum absolute atomic E-state index is 0. The van der Waals surface area contributed by atoms with Crippen molar-refractivity contribution in [3.05, 3.63) is 51.9 Å². The summed E-state index contributed by atoms with van der Waals surface area (Å²) in [5.41, 5.74) is 3.72. The van der Waals surface area contributed by atoms with Crippen molar-refractivity contribution in [2.45, 2.75) is 32.6 Å². The van der Waals surface area contributed by atoms with E-state index in [2.05, 4.69) is 122 Å². The second-order valence-corrected chi connectivity index (χ2v) is 9.05. The molecule has 242 valence electrons. The molecule has 0 fully saturated rings. The smallest absolute Gasteiger partial charge is 0.341 e. The number of amides is 1. The minimum Gasteiger partial charge on any atom is -0.462 e. The van der Waals surface area contributed by atoms with Crippen LogP contribution in [-0.2, 0) is 26.9 Å². The first-order valence-corrected chi connectivity index (χ1v) is 14.2. The number of anilines is 1. The first-order valence-electron chi connectivity index (χ1n) is 13.0. The molecule has 0 atom stereocenters. The molecule has 1 aromatic carbocycles. The highest BCUT2D eigenvalue weighted by atomic mass is 32.1. The first-order chi connectivity index (χ1) is 22.5. The summed E-state index contributed by atoms with van der Waals surface area (Å²) < 4.78 is 8.86. The summed E-state index contributed by atoms with van der Waals surface area (Å²) in [7, 11) is 0. The lowest BCUT2D eigenvalue weighted by atomic mass is 9.95. The van der Waals surface area contributed by atoms with Crippen LogP contribution in [0.3, 0.4) is 0 Å². The summed E-state index contributed by atoms with van der Waals surface area (Å²) in [5.74, 6) is 37.7. The van der Waals surface area contributed by atoms with E-state index in [1.165, 1.54) is 21.9 Å². The molecule has 0 bridgehead atoms. The molecule has 0 aliphatic heterocycles. The Bertz CT molecular complexity index is 1850. The highest BCUT2D eigenvalue weighted by Crippen LogP contribution is 2.38. The Kier molecular flexibility index (Phi) is 21.2. The molecule has 3 N–H and O–H groups in total. The average molecular weight is 661 g/mol. The Morgan fingerprint density at radius 3 is 1.80 bits per heavy atom. The van der Waals surface area contributed by atoms with Crippen LogP contribution in [0.25, 0.3) is 0 Å². The molecule has 1 heterocycles. The van der Waals surface area contributed by atoms with E-state index in [-0.39, 0.29) is 23.3 Å². The number of hydrogen-bond acceptors (Lipinski definition) is 9. The van der Waals surface area contributed by atoms with Gasteiger partial charge in [0.2, 0.25) is 0 Å². The van der Waals surface area contributed by atoms with E-state index in [0.717, 1.165) is 31.2 Å². The number of rotatable bonds is 6. The fraction of sp³-hybridized carbons (Fsp3) is 0.167. The van der Waals surface area contributed by atoms with Gasteiger partial charge in [-0.2, -0.15) is 0 Å². The number of aryl methyl sites for hydroxylation is 1. The first kappa shape index (κ1) is 38.1. The van der Waals surface area contributed by atoms with E-state index in [0.29, 0.717) is 22.7 Å². The predicted octanol–water partition coefficient (Wildman–Crippen LogP) is 6.06. The van der Waals surface area contributed by atoms with Gasteiger partial charge in [0.1, 0.15) is 5.00 Å². The third-order valence-corrected chi connectivity index (χ3v) is 6.23. The summed E-state index contributed by atoms with van der Waals surface area (Å²) >= 11 is 4.61. The van der Waals surface area contributed by atoms with Gasteiger partial charge in [-0.05, 0) is 151 Å². The van der Waals surface area contributed by atoms with E-state index in [9.17, 15) is 9.59 Å². The number of esters is 1. The van der Waals surface area contributed by atoms with E-state index in [1.807, 2.05) is 18.2 Å². The van der Waals surface area contributed by atoms with Gasteiger partial charge in [-0.25, -0.2) is 14.3 Å². The molecule has 0 saturated carbocycles. The van der Waals surface area contributed by atoms with Gasteiger partial charge in [-0.15, -0.1) is 29.2 Å². The van der Waals surface area contributed by atoms with Crippen molar-refractivity contribution < 1.29 is 40.3 Å².